The van der Waals surface area contributed by atoms with Gasteiger partial charge in [-0.3, -0.25) is 43.5 Å². The Morgan fingerprint density at radius 3 is 1.18 bits per heavy atom. The Morgan fingerprint density at radius 1 is 0.427 bits per heavy atom. The average molecular weight is 1460 g/mol. The Bertz CT molecular complexity index is 4360. The van der Waals surface area contributed by atoms with Gasteiger partial charge in [-0.05, 0) is 89.5 Å². The molecular formula is C70H58Cl5F3N6O9S3. The quantitative estimate of drug-likeness (QED) is 0.0541. The molecule has 0 aliphatic carbocycles. The molecule has 3 aromatic heterocycles. The summed E-state index contributed by atoms with van der Waals surface area (Å²) in [4.78, 5) is 90.8. The van der Waals surface area contributed by atoms with Crippen LogP contribution in [0, 0.1) is 17.8 Å². The number of carboxylic acid groups (broad SMARTS) is 3. The molecule has 0 unspecified atom stereocenters. The van der Waals surface area contributed by atoms with Crippen molar-refractivity contribution in [3.63, 3.8) is 0 Å². The number of rotatable bonds is 22. The van der Waals surface area contributed by atoms with Crippen LogP contribution in [0.15, 0.2) is 186 Å². The highest BCUT2D eigenvalue weighted by Gasteiger charge is 2.36. The van der Waals surface area contributed by atoms with Crippen molar-refractivity contribution in [2.24, 2.45) is 17.8 Å². The van der Waals surface area contributed by atoms with Crippen LogP contribution in [0.4, 0.5) is 28.6 Å². The van der Waals surface area contributed by atoms with Crippen LogP contribution in [0.5, 0.6) is 0 Å². The molecule has 7 aromatic carbocycles. The molecule has 0 saturated heterocycles. The van der Waals surface area contributed by atoms with E-state index >= 15 is 0 Å². The van der Waals surface area contributed by atoms with E-state index in [9.17, 15) is 57.3 Å². The van der Waals surface area contributed by atoms with Crippen molar-refractivity contribution in [2.75, 3.05) is 35.8 Å². The highest BCUT2D eigenvalue weighted by Crippen LogP contribution is 2.42. The number of aromatic nitrogens is 3. The van der Waals surface area contributed by atoms with Crippen LogP contribution in [-0.2, 0) is 54.2 Å². The maximum atomic E-state index is 13.4. The van der Waals surface area contributed by atoms with Gasteiger partial charge in [0, 0.05) is 64.0 Å². The zero-order valence-corrected chi connectivity index (χ0v) is 57.3. The molecule has 96 heavy (non-hydrogen) atoms. The molecule has 10 rings (SSSR count). The van der Waals surface area contributed by atoms with Gasteiger partial charge in [0.1, 0.15) is 0 Å². The summed E-state index contributed by atoms with van der Waals surface area (Å²) < 4.78 is 40.2. The van der Waals surface area contributed by atoms with Gasteiger partial charge in [-0.1, -0.05) is 185 Å². The maximum Gasteiger partial charge on any atom is 0.417 e. The minimum absolute atomic E-state index is 0.0253. The van der Waals surface area contributed by atoms with Crippen molar-refractivity contribution >= 4 is 143 Å². The molecule has 3 heterocycles. The standard InChI is InChI=1S/C27H23ClN2O3S.C22H18ClF3N2O3S.C21H17Cl3N2O3S/c1-30(26(33)21(16-25(31)32)14-18-8-4-2-5-9-18)27-29-24(17-34-27)22-15-20(12-13-23(22)28)19-10-6-3-7-11-19;1-28(20(31)14(10-19(29)30)9-13-5-3-2-4-6-13)21-27-18(12-32-21)16-11-15(23)7-8-17(16)22(24,25)26;1-26(20(29)13(8-18(27)28)7-12-5-3-2-4-6-12)21-25-17(11-30-21)15-9-14(22)10-16(23)19(15)24/h2-13,15,17,21H,14,16H2,1H3,(H,31,32);2-8,11-12,14H,9-10H2,1H3,(H,29,30);2-6,9-11,13H,7-8H2,1H3,(H,27,28)/t21-;14-;13-/m111/s1. The molecule has 26 heteroatoms. The lowest BCUT2D eigenvalue weighted by atomic mass is 9.95. The molecular weight excluding hydrogens is 1400 g/mol. The van der Waals surface area contributed by atoms with Gasteiger partial charge in [0.25, 0.3) is 0 Å². The fourth-order valence-electron chi connectivity index (χ4n) is 10.0. The topological polar surface area (TPSA) is 212 Å². The lowest BCUT2D eigenvalue weighted by Gasteiger charge is -2.21. The first-order valence-corrected chi connectivity index (χ1v) is 33.6. The van der Waals surface area contributed by atoms with Gasteiger partial charge in [0.2, 0.25) is 17.7 Å². The summed E-state index contributed by atoms with van der Waals surface area (Å²) in [5, 5.41) is 35.7. The predicted molar refractivity (Wildman–Crippen MR) is 376 cm³/mol. The van der Waals surface area contributed by atoms with Gasteiger partial charge in [0.05, 0.1) is 74.7 Å². The molecule has 3 N–H and O–H groups in total. The smallest absolute Gasteiger partial charge is 0.417 e. The number of hydrogen-bond donors (Lipinski definition) is 3. The molecule has 0 spiro atoms. The summed E-state index contributed by atoms with van der Waals surface area (Å²) in [6.07, 6.45) is -4.63. The third-order valence-corrected chi connectivity index (χ3v) is 19.1. The number of anilines is 3. The summed E-state index contributed by atoms with van der Waals surface area (Å²) in [6.45, 7) is 0. The molecule has 3 amide bonds. The van der Waals surface area contributed by atoms with E-state index in [0.717, 1.165) is 56.9 Å². The second-order valence-electron chi connectivity index (χ2n) is 21.7. The van der Waals surface area contributed by atoms with Gasteiger partial charge >= 0.3 is 24.1 Å². The van der Waals surface area contributed by atoms with E-state index in [4.69, 9.17) is 58.0 Å². The van der Waals surface area contributed by atoms with Crippen molar-refractivity contribution < 1.29 is 57.3 Å². The van der Waals surface area contributed by atoms with Crippen LogP contribution >= 0.6 is 92.0 Å². The third-order valence-electron chi connectivity index (χ3n) is 14.8. The first-order chi connectivity index (χ1) is 45.7. The summed E-state index contributed by atoms with van der Waals surface area (Å²) >= 11 is 34.4. The Kier molecular flexibility index (Phi) is 25.9. The number of aliphatic carboxylic acids is 3. The van der Waals surface area contributed by atoms with Gasteiger partial charge in [0.15, 0.2) is 15.4 Å². The van der Waals surface area contributed by atoms with Crippen molar-refractivity contribution in [3.8, 4) is 44.9 Å². The second-order valence-corrected chi connectivity index (χ2v) is 26.3. The molecule has 15 nitrogen and oxygen atoms in total. The van der Waals surface area contributed by atoms with Gasteiger partial charge in [-0.25, -0.2) is 15.0 Å². The van der Waals surface area contributed by atoms with Crippen molar-refractivity contribution in [3.05, 3.63) is 233 Å². The molecule has 0 radical (unpaired) electrons. The Labute approximate surface area is 587 Å². The summed E-state index contributed by atoms with van der Waals surface area (Å²) in [6, 6.07) is 49.9. The summed E-state index contributed by atoms with van der Waals surface area (Å²) in [7, 11) is 4.64. The number of carbonyl (C=O) groups excluding carboxylic acids is 3. The van der Waals surface area contributed by atoms with Gasteiger partial charge < -0.3 is 15.3 Å². The normalized spacial score (nSPS) is 12.0. The third kappa shape index (κ3) is 20.0. The molecule has 10 aromatic rings. The van der Waals surface area contributed by atoms with E-state index < -0.39 is 53.3 Å². The SMILES string of the molecule is CN(C(=O)[C@@H](CC(=O)O)Cc1ccccc1)c1nc(-c2cc(-c3ccccc3)ccc2Cl)cs1.CN(C(=O)[C@@H](CC(=O)O)Cc1ccccc1)c1nc(-c2cc(Cl)cc(Cl)c2Cl)cs1.CN(C(=O)[C@@H](CC(=O)O)Cc1ccccc1)c1nc(-c2cc(Cl)ccc2C(F)(F)F)cs1. The lowest BCUT2D eigenvalue weighted by Crippen LogP contribution is -2.35. The predicted octanol–water partition coefficient (Wildman–Crippen LogP) is 18.3. The largest absolute Gasteiger partial charge is 0.481 e. The molecule has 0 aliphatic heterocycles. The Balaban J connectivity index is 0.000000185. The van der Waals surface area contributed by atoms with E-state index in [-0.39, 0.29) is 58.9 Å². The molecule has 0 saturated carbocycles. The number of thiazole rings is 3. The van der Waals surface area contributed by atoms with E-state index in [0.29, 0.717) is 60.1 Å². The van der Waals surface area contributed by atoms with Crippen LogP contribution < -0.4 is 14.7 Å². The number of hydrogen-bond acceptors (Lipinski definition) is 12. The average Bonchev–Trinajstić information content (AvgIpc) is 1.38. The first kappa shape index (κ1) is 73.3. The summed E-state index contributed by atoms with van der Waals surface area (Å²) in [5.41, 5.74) is 6.17. The van der Waals surface area contributed by atoms with Crippen LogP contribution in [-0.4, -0.2) is 87.0 Å². The highest BCUT2D eigenvalue weighted by atomic mass is 35.5. The monoisotopic (exact) mass is 1450 g/mol. The van der Waals surface area contributed by atoms with Crippen molar-refractivity contribution in [1.82, 2.24) is 15.0 Å². The Morgan fingerprint density at radius 2 is 0.792 bits per heavy atom. The maximum absolute atomic E-state index is 13.4. The van der Waals surface area contributed by atoms with E-state index in [2.05, 4.69) is 15.0 Å². The van der Waals surface area contributed by atoms with Gasteiger partial charge in [-0.15, -0.1) is 34.0 Å². The Hall–Kier alpha value is -8.51. The van der Waals surface area contributed by atoms with E-state index in [1.807, 2.05) is 121 Å². The second kappa shape index (κ2) is 33.9. The lowest BCUT2D eigenvalue weighted by molar-refractivity contribution is -0.141. The molecule has 0 aliphatic rings. The molecule has 0 fully saturated rings. The number of benzene rings is 7. The van der Waals surface area contributed by atoms with Gasteiger partial charge in [-0.2, -0.15) is 13.2 Å². The highest BCUT2D eigenvalue weighted by molar-refractivity contribution is 7.14. The minimum Gasteiger partial charge on any atom is -0.481 e. The molecule has 496 valence electrons. The zero-order chi connectivity index (χ0) is 69.4. The number of nitrogens with zero attached hydrogens (tertiary/aromatic N) is 6. The zero-order valence-electron chi connectivity index (χ0n) is 51.1. The number of carbonyl (C=O) groups is 6. The minimum atomic E-state index is -4.60. The van der Waals surface area contributed by atoms with Crippen molar-refractivity contribution in [1.29, 1.82) is 0 Å². The fraction of sp³-hybridized carbons (Fsp3) is 0.186. The fourth-order valence-corrected chi connectivity index (χ4v) is 13.5. The van der Waals surface area contributed by atoms with Crippen LogP contribution in [0.1, 0.15) is 41.5 Å². The van der Waals surface area contributed by atoms with E-state index in [1.165, 1.54) is 61.9 Å². The van der Waals surface area contributed by atoms with Crippen LogP contribution in [0.2, 0.25) is 25.1 Å². The van der Waals surface area contributed by atoms with Crippen molar-refractivity contribution in [2.45, 2.75) is 44.7 Å². The molecule has 3 atom stereocenters. The number of amides is 3. The van der Waals surface area contributed by atoms with Crippen LogP contribution in [0.3, 0.4) is 0 Å². The first-order valence-electron chi connectivity index (χ1n) is 29.1. The van der Waals surface area contributed by atoms with Crippen LogP contribution in [0.25, 0.3) is 44.9 Å². The van der Waals surface area contributed by atoms with E-state index in [1.54, 1.807) is 49.8 Å². The number of carboxylic acids is 3. The summed E-state index contributed by atoms with van der Waals surface area (Å²) in [5.74, 6) is -6.52. The number of alkyl halides is 3. The number of halogens is 8. The molecule has 0 bridgehead atoms.